The summed E-state index contributed by atoms with van der Waals surface area (Å²) >= 11 is 0. The van der Waals surface area contributed by atoms with Crippen molar-refractivity contribution in [2.24, 2.45) is 5.92 Å². The number of benzene rings is 1. The van der Waals surface area contributed by atoms with E-state index in [1.807, 2.05) is 17.9 Å². The van der Waals surface area contributed by atoms with Gasteiger partial charge >= 0.3 is 0 Å². The Labute approximate surface area is 149 Å². The smallest absolute Gasteiger partial charge is 0.289 e. The van der Waals surface area contributed by atoms with Crippen molar-refractivity contribution in [3.8, 4) is 0 Å². The molecule has 1 saturated carbocycles. The molecule has 0 atom stereocenters. The number of rotatable bonds is 4. The zero-order chi connectivity index (χ0) is 17.4. The lowest BCUT2D eigenvalue weighted by Gasteiger charge is -2.21. The Bertz CT molecular complexity index is 776. The van der Waals surface area contributed by atoms with Gasteiger partial charge in [-0.15, -0.1) is 0 Å². The van der Waals surface area contributed by atoms with Crippen molar-refractivity contribution in [3.63, 3.8) is 0 Å². The van der Waals surface area contributed by atoms with Crippen LogP contribution in [0.4, 0.5) is 0 Å². The maximum Gasteiger partial charge on any atom is 0.289 e. The van der Waals surface area contributed by atoms with Crippen molar-refractivity contribution in [1.29, 1.82) is 0 Å². The van der Waals surface area contributed by atoms with Gasteiger partial charge in [-0.2, -0.15) is 0 Å². The number of carbonyl (C=O) groups is 1. The first-order chi connectivity index (χ1) is 12.2. The summed E-state index contributed by atoms with van der Waals surface area (Å²) in [4.78, 5) is 17.6. The lowest BCUT2D eigenvalue weighted by atomic mass is 10.1. The number of furan rings is 1. The molecule has 0 bridgehead atoms. The molecule has 2 fully saturated rings. The monoisotopic (exact) mass is 340 g/mol. The summed E-state index contributed by atoms with van der Waals surface area (Å²) in [7, 11) is 0. The maximum atomic E-state index is 13.1. The first-order valence-electron chi connectivity index (χ1n) is 9.69. The van der Waals surface area contributed by atoms with Crippen molar-refractivity contribution in [2.75, 3.05) is 32.7 Å². The minimum atomic E-state index is 0.0556. The molecule has 1 aliphatic heterocycles. The van der Waals surface area contributed by atoms with Crippen molar-refractivity contribution >= 4 is 16.9 Å². The van der Waals surface area contributed by atoms with E-state index >= 15 is 0 Å². The fourth-order valence-corrected chi connectivity index (χ4v) is 3.86. The minimum absolute atomic E-state index is 0.0556. The Kier molecular flexibility index (Phi) is 4.55. The molecule has 4 heteroatoms. The SMILES string of the molecule is CCc1ccc2oc(C(=O)N3CCCN(CC4CC4)CC3)c(C)c2c1. The zero-order valence-corrected chi connectivity index (χ0v) is 15.4. The molecule has 0 spiro atoms. The van der Waals surface area contributed by atoms with Crippen LogP contribution >= 0.6 is 0 Å². The standard InChI is InChI=1S/C21H28N2O2/c1-3-16-7-8-19-18(13-16)15(2)20(25-19)21(24)23-10-4-9-22(11-12-23)14-17-5-6-17/h7-8,13,17H,3-6,9-12,14H2,1-2H3. The lowest BCUT2D eigenvalue weighted by Crippen LogP contribution is -2.35. The quantitative estimate of drug-likeness (QED) is 0.848. The van der Waals surface area contributed by atoms with E-state index in [-0.39, 0.29) is 5.91 Å². The number of hydrogen-bond donors (Lipinski definition) is 0. The van der Waals surface area contributed by atoms with E-state index in [4.69, 9.17) is 4.42 Å². The van der Waals surface area contributed by atoms with Gasteiger partial charge in [0.1, 0.15) is 5.58 Å². The zero-order valence-electron chi connectivity index (χ0n) is 15.4. The summed E-state index contributed by atoms with van der Waals surface area (Å²) in [5, 5.41) is 1.08. The van der Waals surface area contributed by atoms with Gasteiger partial charge in [0.05, 0.1) is 0 Å². The highest BCUT2D eigenvalue weighted by molar-refractivity contribution is 5.99. The molecular formula is C21H28N2O2. The molecule has 1 aromatic carbocycles. The third-order valence-electron chi connectivity index (χ3n) is 5.69. The average Bonchev–Trinajstić information content (AvgIpc) is 3.42. The van der Waals surface area contributed by atoms with E-state index in [1.54, 1.807) is 0 Å². The van der Waals surface area contributed by atoms with Crippen LogP contribution in [0.3, 0.4) is 0 Å². The average molecular weight is 340 g/mol. The summed E-state index contributed by atoms with van der Waals surface area (Å²) in [6, 6.07) is 6.24. The second kappa shape index (κ2) is 6.83. The summed E-state index contributed by atoms with van der Waals surface area (Å²) in [6.45, 7) is 9.11. The molecule has 1 amide bonds. The van der Waals surface area contributed by atoms with Crippen LogP contribution in [-0.4, -0.2) is 48.4 Å². The van der Waals surface area contributed by atoms with Crippen LogP contribution in [0.25, 0.3) is 11.0 Å². The van der Waals surface area contributed by atoms with Crippen LogP contribution in [0.2, 0.25) is 0 Å². The first kappa shape index (κ1) is 16.6. The molecule has 25 heavy (non-hydrogen) atoms. The predicted octanol–water partition coefficient (Wildman–Crippen LogP) is 3.86. The first-order valence-corrected chi connectivity index (χ1v) is 9.69. The number of hydrogen-bond acceptors (Lipinski definition) is 3. The van der Waals surface area contributed by atoms with Gasteiger partial charge in [-0.05, 0) is 62.8 Å². The van der Waals surface area contributed by atoms with E-state index in [0.717, 1.165) is 61.5 Å². The molecular weight excluding hydrogens is 312 g/mol. The van der Waals surface area contributed by atoms with Gasteiger partial charge in [-0.3, -0.25) is 4.79 Å². The van der Waals surface area contributed by atoms with E-state index in [9.17, 15) is 4.79 Å². The third kappa shape index (κ3) is 3.45. The number of nitrogens with zero attached hydrogens (tertiary/aromatic N) is 2. The highest BCUT2D eigenvalue weighted by atomic mass is 16.3. The van der Waals surface area contributed by atoms with Crippen LogP contribution in [-0.2, 0) is 6.42 Å². The minimum Gasteiger partial charge on any atom is -0.451 e. The van der Waals surface area contributed by atoms with Gasteiger partial charge in [-0.25, -0.2) is 0 Å². The van der Waals surface area contributed by atoms with E-state index in [0.29, 0.717) is 5.76 Å². The van der Waals surface area contributed by atoms with Crippen molar-refractivity contribution in [3.05, 3.63) is 35.1 Å². The lowest BCUT2D eigenvalue weighted by molar-refractivity contribution is 0.0730. The van der Waals surface area contributed by atoms with Gasteiger partial charge in [0.25, 0.3) is 5.91 Å². The van der Waals surface area contributed by atoms with Crippen LogP contribution in [0.1, 0.15) is 47.9 Å². The summed E-state index contributed by atoms with van der Waals surface area (Å²) < 4.78 is 5.95. The predicted molar refractivity (Wildman–Crippen MR) is 100 cm³/mol. The Morgan fingerprint density at radius 1 is 1.20 bits per heavy atom. The molecule has 4 nitrogen and oxygen atoms in total. The molecule has 2 aromatic rings. The number of amides is 1. The Hall–Kier alpha value is -1.81. The normalized spacial score (nSPS) is 19.4. The molecule has 2 aliphatic rings. The second-order valence-corrected chi connectivity index (χ2v) is 7.63. The largest absolute Gasteiger partial charge is 0.451 e. The molecule has 0 radical (unpaired) electrons. The van der Waals surface area contributed by atoms with Gasteiger partial charge in [0.2, 0.25) is 0 Å². The van der Waals surface area contributed by atoms with Crippen LogP contribution in [0.15, 0.2) is 22.6 Å². The topological polar surface area (TPSA) is 36.7 Å². The molecule has 0 unspecified atom stereocenters. The van der Waals surface area contributed by atoms with Gasteiger partial charge in [0, 0.05) is 37.1 Å². The molecule has 1 aliphatic carbocycles. The van der Waals surface area contributed by atoms with Gasteiger partial charge in [0.15, 0.2) is 5.76 Å². The number of aryl methyl sites for hydroxylation is 2. The molecule has 134 valence electrons. The third-order valence-corrected chi connectivity index (χ3v) is 5.69. The number of fused-ring (bicyclic) bond motifs is 1. The van der Waals surface area contributed by atoms with E-state index in [1.165, 1.54) is 24.9 Å². The van der Waals surface area contributed by atoms with E-state index in [2.05, 4.69) is 24.0 Å². The van der Waals surface area contributed by atoms with Crippen LogP contribution < -0.4 is 0 Å². The second-order valence-electron chi connectivity index (χ2n) is 7.63. The molecule has 4 rings (SSSR count). The Morgan fingerprint density at radius 3 is 2.80 bits per heavy atom. The van der Waals surface area contributed by atoms with Gasteiger partial charge < -0.3 is 14.2 Å². The summed E-state index contributed by atoms with van der Waals surface area (Å²) in [5.74, 6) is 1.49. The fraction of sp³-hybridized carbons (Fsp3) is 0.571. The van der Waals surface area contributed by atoms with Crippen LogP contribution in [0.5, 0.6) is 0 Å². The summed E-state index contributed by atoms with van der Waals surface area (Å²) in [6.07, 6.45) is 4.82. The van der Waals surface area contributed by atoms with Crippen molar-refractivity contribution in [1.82, 2.24) is 9.80 Å². The molecule has 0 N–H and O–H groups in total. The highest BCUT2D eigenvalue weighted by Crippen LogP contribution is 2.30. The maximum absolute atomic E-state index is 13.1. The van der Waals surface area contributed by atoms with Crippen LogP contribution in [0, 0.1) is 12.8 Å². The van der Waals surface area contributed by atoms with E-state index < -0.39 is 0 Å². The van der Waals surface area contributed by atoms with Crippen molar-refractivity contribution < 1.29 is 9.21 Å². The number of carbonyl (C=O) groups excluding carboxylic acids is 1. The summed E-state index contributed by atoms with van der Waals surface area (Å²) in [5.41, 5.74) is 3.08. The van der Waals surface area contributed by atoms with Crippen molar-refractivity contribution in [2.45, 2.75) is 39.5 Å². The van der Waals surface area contributed by atoms with Gasteiger partial charge in [-0.1, -0.05) is 13.0 Å². The molecule has 1 saturated heterocycles. The fourth-order valence-electron chi connectivity index (χ4n) is 3.86. The highest BCUT2D eigenvalue weighted by Gasteiger charge is 2.28. The molecule has 2 heterocycles. The molecule has 1 aromatic heterocycles. The Morgan fingerprint density at radius 2 is 2.04 bits per heavy atom. The Balaban J connectivity index is 1.51.